The van der Waals surface area contributed by atoms with Crippen molar-refractivity contribution in [2.45, 2.75) is 20.3 Å². The van der Waals surface area contributed by atoms with Gasteiger partial charge in [0.1, 0.15) is 5.82 Å². The molecule has 2 amide bonds. The maximum atomic E-state index is 12.0. The third kappa shape index (κ3) is 4.11. The minimum atomic E-state index is 0.0614. The van der Waals surface area contributed by atoms with Crippen LogP contribution in [0.1, 0.15) is 20.3 Å². The van der Waals surface area contributed by atoms with Crippen LogP contribution in [0.3, 0.4) is 0 Å². The predicted octanol–water partition coefficient (Wildman–Crippen LogP) is 1.96. The molecule has 0 unspecified atom stereocenters. The number of aromatic nitrogens is 1. The number of hydrogen-bond donors (Lipinski definition) is 1. The van der Waals surface area contributed by atoms with E-state index in [1.54, 1.807) is 6.20 Å². The third-order valence-corrected chi connectivity index (χ3v) is 3.54. The minimum absolute atomic E-state index is 0.0614. The summed E-state index contributed by atoms with van der Waals surface area (Å²) in [6.45, 7) is 8.28. The largest absolute Gasteiger partial charge is 0.353 e. The number of anilines is 1. The van der Waals surface area contributed by atoms with E-state index in [-0.39, 0.29) is 6.03 Å². The van der Waals surface area contributed by atoms with E-state index >= 15 is 0 Å². The highest BCUT2D eigenvalue weighted by Gasteiger charge is 2.21. The van der Waals surface area contributed by atoms with Gasteiger partial charge in [-0.15, -0.1) is 0 Å². The van der Waals surface area contributed by atoms with E-state index < -0.39 is 0 Å². The molecule has 1 aliphatic rings. The highest BCUT2D eigenvalue weighted by atomic mass is 16.2. The summed E-state index contributed by atoms with van der Waals surface area (Å²) in [5.74, 6) is 1.61. The van der Waals surface area contributed by atoms with E-state index in [4.69, 9.17) is 0 Å². The number of nitrogens with zero attached hydrogens (tertiary/aromatic N) is 3. The molecule has 1 aromatic heterocycles. The Morgan fingerprint density at radius 3 is 2.65 bits per heavy atom. The fourth-order valence-electron chi connectivity index (χ4n) is 2.26. The summed E-state index contributed by atoms with van der Waals surface area (Å²) in [6.07, 6.45) is 2.83. The lowest BCUT2D eigenvalue weighted by Crippen LogP contribution is -2.52. The molecule has 20 heavy (non-hydrogen) atoms. The number of carbonyl (C=O) groups excluding carboxylic acids is 1. The second-order valence-corrected chi connectivity index (χ2v) is 5.58. The van der Waals surface area contributed by atoms with E-state index in [9.17, 15) is 4.79 Å². The van der Waals surface area contributed by atoms with Crippen LogP contribution >= 0.6 is 0 Å². The molecule has 1 aliphatic heterocycles. The predicted molar refractivity (Wildman–Crippen MR) is 80.9 cm³/mol. The molecule has 0 aromatic carbocycles. The first-order valence-corrected chi connectivity index (χ1v) is 7.35. The van der Waals surface area contributed by atoms with Crippen molar-refractivity contribution in [2.24, 2.45) is 5.92 Å². The van der Waals surface area contributed by atoms with Gasteiger partial charge in [0.2, 0.25) is 0 Å². The summed E-state index contributed by atoms with van der Waals surface area (Å²) < 4.78 is 0. The van der Waals surface area contributed by atoms with E-state index in [1.807, 2.05) is 23.1 Å². The highest BCUT2D eigenvalue weighted by Crippen LogP contribution is 2.12. The van der Waals surface area contributed by atoms with Crippen LogP contribution in [0.4, 0.5) is 10.6 Å². The van der Waals surface area contributed by atoms with Crippen molar-refractivity contribution in [1.82, 2.24) is 15.2 Å². The quantitative estimate of drug-likeness (QED) is 0.914. The van der Waals surface area contributed by atoms with Crippen LogP contribution in [0, 0.1) is 5.92 Å². The molecule has 0 atom stereocenters. The number of carbonyl (C=O) groups is 1. The molecule has 110 valence electrons. The summed E-state index contributed by atoms with van der Waals surface area (Å²) in [5.41, 5.74) is 0. The number of hydrogen-bond acceptors (Lipinski definition) is 3. The summed E-state index contributed by atoms with van der Waals surface area (Å²) >= 11 is 0. The molecule has 1 aromatic rings. The standard InChI is InChI=1S/C15H24N4O/c1-13(2)6-8-17-15(20)19-11-9-18(10-12-19)14-5-3-4-7-16-14/h3-5,7,13H,6,8-12H2,1-2H3,(H,17,20). The lowest BCUT2D eigenvalue weighted by Gasteiger charge is -2.35. The highest BCUT2D eigenvalue weighted by molar-refractivity contribution is 5.74. The molecule has 0 aliphatic carbocycles. The van der Waals surface area contributed by atoms with Gasteiger partial charge in [-0.3, -0.25) is 0 Å². The van der Waals surface area contributed by atoms with Crippen LogP contribution < -0.4 is 10.2 Å². The van der Waals surface area contributed by atoms with Gasteiger partial charge in [-0.2, -0.15) is 0 Å². The summed E-state index contributed by atoms with van der Waals surface area (Å²) in [6, 6.07) is 5.99. The molecule has 2 heterocycles. The summed E-state index contributed by atoms with van der Waals surface area (Å²) in [7, 11) is 0. The Balaban J connectivity index is 1.75. The second kappa shape index (κ2) is 7.12. The Morgan fingerprint density at radius 2 is 2.05 bits per heavy atom. The van der Waals surface area contributed by atoms with E-state index in [2.05, 4.69) is 29.0 Å². The van der Waals surface area contributed by atoms with Crippen molar-refractivity contribution in [3.63, 3.8) is 0 Å². The van der Waals surface area contributed by atoms with Crippen LogP contribution in [0.2, 0.25) is 0 Å². The molecule has 1 fully saturated rings. The molecule has 1 N–H and O–H groups in total. The Morgan fingerprint density at radius 1 is 1.30 bits per heavy atom. The van der Waals surface area contributed by atoms with Crippen LogP contribution in [-0.2, 0) is 0 Å². The molecule has 0 saturated carbocycles. The SMILES string of the molecule is CC(C)CCNC(=O)N1CCN(c2ccccn2)CC1. The molecule has 0 spiro atoms. The lowest BCUT2D eigenvalue weighted by molar-refractivity contribution is 0.193. The van der Waals surface area contributed by atoms with Crippen molar-refractivity contribution in [3.8, 4) is 0 Å². The molecular formula is C15H24N4O. The van der Waals surface area contributed by atoms with E-state index in [1.165, 1.54) is 0 Å². The first-order valence-electron chi connectivity index (χ1n) is 7.35. The Kier molecular flexibility index (Phi) is 5.21. The monoisotopic (exact) mass is 276 g/mol. The van der Waals surface area contributed by atoms with Gasteiger partial charge >= 0.3 is 6.03 Å². The molecule has 0 radical (unpaired) electrons. The number of piperazine rings is 1. The normalized spacial score (nSPS) is 15.6. The Labute approximate surface area is 121 Å². The third-order valence-electron chi connectivity index (χ3n) is 3.54. The number of urea groups is 1. The van der Waals surface area contributed by atoms with Crippen LogP contribution in [-0.4, -0.2) is 48.6 Å². The fraction of sp³-hybridized carbons (Fsp3) is 0.600. The average molecular weight is 276 g/mol. The number of amides is 2. The van der Waals surface area contributed by atoms with Gasteiger partial charge in [0.15, 0.2) is 0 Å². The average Bonchev–Trinajstić information content (AvgIpc) is 2.48. The summed E-state index contributed by atoms with van der Waals surface area (Å²) in [5, 5.41) is 2.99. The van der Waals surface area contributed by atoms with Crippen molar-refractivity contribution in [3.05, 3.63) is 24.4 Å². The summed E-state index contributed by atoms with van der Waals surface area (Å²) in [4.78, 5) is 20.5. The van der Waals surface area contributed by atoms with Gasteiger partial charge in [0, 0.05) is 38.9 Å². The lowest BCUT2D eigenvalue weighted by atomic mass is 10.1. The number of nitrogens with one attached hydrogen (secondary N) is 1. The molecule has 0 bridgehead atoms. The maximum Gasteiger partial charge on any atom is 0.317 e. The van der Waals surface area contributed by atoms with Crippen molar-refractivity contribution < 1.29 is 4.79 Å². The smallest absolute Gasteiger partial charge is 0.317 e. The van der Waals surface area contributed by atoms with Crippen molar-refractivity contribution in [1.29, 1.82) is 0 Å². The van der Waals surface area contributed by atoms with Gasteiger partial charge in [-0.1, -0.05) is 19.9 Å². The van der Waals surface area contributed by atoms with E-state index in [0.29, 0.717) is 5.92 Å². The molecular weight excluding hydrogens is 252 g/mol. The zero-order valence-corrected chi connectivity index (χ0v) is 12.4. The molecule has 1 saturated heterocycles. The zero-order valence-electron chi connectivity index (χ0n) is 12.4. The van der Waals surface area contributed by atoms with Crippen molar-refractivity contribution >= 4 is 11.8 Å². The first-order chi connectivity index (χ1) is 9.66. The maximum absolute atomic E-state index is 12.0. The Bertz CT molecular complexity index is 413. The minimum Gasteiger partial charge on any atom is -0.353 e. The van der Waals surface area contributed by atoms with Gasteiger partial charge in [0.05, 0.1) is 0 Å². The van der Waals surface area contributed by atoms with Gasteiger partial charge in [-0.05, 0) is 24.5 Å². The number of rotatable bonds is 4. The molecule has 5 nitrogen and oxygen atoms in total. The fourth-order valence-corrected chi connectivity index (χ4v) is 2.26. The molecule has 2 rings (SSSR count). The topological polar surface area (TPSA) is 48.5 Å². The Hall–Kier alpha value is -1.78. The van der Waals surface area contributed by atoms with Gasteiger partial charge < -0.3 is 15.1 Å². The first kappa shape index (κ1) is 14.6. The van der Waals surface area contributed by atoms with E-state index in [0.717, 1.165) is 45.0 Å². The second-order valence-electron chi connectivity index (χ2n) is 5.58. The van der Waals surface area contributed by atoms with Crippen molar-refractivity contribution in [2.75, 3.05) is 37.6 Å². The van der Waals surface area contributed by atoms with Crippen LogP contribution in [0.5, 0.6) is 0 Å². The molecule has 5 heteroatoms. The zero-order chi connectivity index (χ0) is 14.4. The number of pyridine rings is 1. The van der Waals surface area contributed by atoms with Crippen LogP contribution in [0.15, 0.2) is 24.4 Å². The van der Waals surface area contributed by atoms with Gasteiger partial charge in [-0.25, -0.2) is 9.78 Å². The van der Waals surface area contributed by atoms with Gasteiger partial charge in [0.25, 0.3) is 0 Å². The van der Waals surface area contributed by atoms with Crippen LogP contribution in [0.25, 0.3) is 0 Å².